The predicted octanol–water partition coefficient (Wildman–Crippen LogP) is 2.17. The summed E-state index contributed by atoms with van der Waals surface area (Å²) in [7, 11) is 0. The Kier molecular flexibility index (Phi) is 2.23. The van der Waals surface area contributed by atoms with Gasteiger partial charge in [-0.2, -0.15) is 5.26 Å². The molecular formula is C13H13NO2. The molecule has 1 atom stereocenters. The normalized spacial score (nSPS) is 27.2. The smallest absolute Gasteiger partial charge is 0.331 e. The Bertz CT molecular complexity index is 459. The molecule has 16 heavy (non-hydrogen) atoms. The van der Waals surface area contributed by atoms with Gasteiger partial charge in [-0.1, -0.05) is 30.3 Å². The van der Waals surface area contributed by atoms with Crippen molar-refractivity contribution in [2.45, 2.75) is 31.3 Å². The standard InChI is InChI=1S/C13H13NO2/c1-12(2)8-13(9-14,11(15)16-12)10-6-4-3-5-7-10/h3-7H,8H2,1-2H3. The molecule has 1 unspecified atom stereocenters. The molecule has 1 aromatic carbocycles. The topological polar surface area (TPSA) is 50.1 Å². The average molecular weight is 215 g/mol. The zero-order chi connectivity index (χ0) is 11.8. The molecule has 0 spiro atoms. The first kappa shape index (κ1) is 10.7. The fourth-order valence-corrected chi connectivity index (χ4v) is 2.18. The first-order valence-electron chi connectivity index (χ1n) is 5.20. The van der Waals surface area contributed by atoms with Crippen molar-refractivity contribution in [2.75, 3.05) is 0 Å². The van der Waals surface area contributed by atoms with Crippen molar-refractivity contribution in [1.82, 2.24) is 0 Å². The molecule has 0 N–H and O–H groups in total. The SMILES string of the molecule is CC1(C)CC(C#N)(c2ccccc2)C(=O)O1. The molecule has 0 aromatic heterocycles. The third kappa shape index (κ3) is 1.47. The van der Waals surface area contributed by atoms with Gasteiger partial charge in [-0.3, -0.25) is 0 Å². The van der Waals surface area contributed by atoms with Crippen molar-refractivity contribution < 1.29 is 9.53 Å². The van der Waals surface area contributed by atoms with Gasteiger partial charge in [-0.05, 0) is 19.4 Å². The summed E-state index contributed by atoms with van der Waals surface area (Å²) >= 11 is 0. The van der Waals surface area contributed by atoms with Crippen molar-refractivity contribution in [1.29, 1.82) is 5.26 Å². The van der Waals surface area contributed by atoms with E-state index >= 15 is 0 Å². The van der Waals surface area contributed by atoms with E-state index in [2.05, 4.69) is 6.07 Å². The van der Waals surface area contributed by atoms with E-state index in [1.165, 1.54) is 0 Å². The van der Waals surface area contributed by atoms with Crippen molar-refractivity contribution in [3.63, 3.8) is 0 Å². The van der Waals surface area contributed by atoms with Gasteiger partial charge in [0, 0.05) is 6.42 Å². The average Bonchev–Trinajstić information content (AvgIpc) is 2.50. The fraction of sp³-hybridized carbons (Fsp3) is 0.385. The van der Waals surface area contributed by atoms with Crippen LogP contribution < -0.4 is 0 Å². The Labute approximate surface area is 94.6 Å². The Hall–Kier alpha value is -1.82. The third-order valence-corrected chi connectivity index (χ3v) is 2.87. The van der Waals surface area contributed by atoms with Crippen molar-refractivity contribution in [2.24, 2.45) is 0 Å². The first-order valence-corrected chi connectivity index (χ1v) is 5.20. The highest BCUT2D eigenvalue weighted by molar-refractivity contribution is 5.89. The minimum absolute atomic E-state index is 0.402. The summed E-state index contributed by atoms with van der Waals surface area (Å²) in [5.74, 6) is -0.439. The number of ether oxygens (including phenoxy) is 1. The van der Waals surface area contributed by atoms with Crippen molar-refractivity contribution in [3.05, 3.63) is 35.9 Å². The van der Waals surface area contributed by atoms with Crippen LogP contribution in [0.3, 0.4) is 0 Å². The summed E-state index contributed by atoms with van der Waals surface area (Å²) in [6.07, 6.45) is 0.402. The lowest BCUT2D eigenvalue weighted by atomic mass is 9.77. The van der Waals surface area contributed by atoms with Crippen LogP contribution in [0.15, 0.2) is 30.3 Å². The van der Waals surface area contributed by atoms with Crippen LogP contribution in [0.1, 0.15) is 25.8 Å². The molecule has 1 fully saturated rings. The molecule has 0 aliphatic carbocycles. The molecule has 82 valence electrons. The molecule has 0 bridgehead atoms. The van der Waals surface area contributed by atoms with Crippen LogP contribution in [0.25, 0.3) is 0 Å². The van der Waals surface area contributed by atoms with Crippen LogP contribution in [-0.4, -0.2) is 11.6 Å². The van der Waals surface area contributed by atoms with E-state index < -0.39 is 17.0 Å². The Morgan fingerprint density at radius 3 is 2.38 bits per heavy atom. The molecule has 3 heteroatoms. The lowest BCUT2D eigenvalue weighted by molar-refractivity contribution is -0.148. The van der Waals surface area contributed by atoms with Crippen LogP contribution >= 0.6 is 0 Å². The van der Waals surface area contributed by atoms with Gasteiger partial charge in [-0.15, -0.1) is 0 Å². The fourth-order valence-electron chi connectivity index (χ4n) is 2.18. The number of carbonyl (C=O) groups excluding carboxylic acids is 1. The number of nitriles is 1. The quantitative estimate of drug-likeness (QED) is 0.674. The van der Waals surface area contributed by atoms with Gasteiger partial charge in [-0.25, -0.2) is 4.79 Å². The highest BCUT2D eigenvalue weighted by Crippen LogP contribution is 2.42. The molecule has 3 nitrogen and oxygen atoms in total. The third-order valence-electron chi connectivity index (χ3n) is 2.87. The Balaban J connectivity index is 2.51. The van der Waals surface area contributed by atoms with Crippen molar-refractivity contribution in [3.8, 4) is 6.07 Å². The van der Waals surface area contributed by atoms with Crippen molar-refractivity contribution >= 4 is 5.97 Å². The lowest BCUT2D eigenvalue weighted by Crippen LogP contribution is -2.29. The van der Waals surface area contributed by atoms with Gasteiger partial charge in [0.25, 0.3) is 0 Å². The van der Waals surface area contributed by atoms with E-state index in [0.29, 0.717) is 12.0 Å². The van der Waals surface area contributed by atoms with Gasteiger partial charge in [0.15, 0.2) is 5.41 Å². The molecule has 0 saturated carbocycles. The lowest BCUT2D eigenvalue weighted by Gasteiger charge is -2.18. The van der Waals surface area contributed by atoms with Gasteiger partial charge in [0.1, 0.15) is 5.60 Å². The van der Waals surface area contributed by atoms with Crippen LogP contribution in [0.4, 0.5) is 0 Å². The molecule has 2 rings (SSSR count). The molecule has 1 heterocycles. The molecule has 1 saturated heterocycles. The maximum absolute atomic E-state index is 11.9. The Morgan fingerprint density at radius 1 is 1.31 bits per heavy atom. The first-order chi connectivity index (χ1) is 7.50. The minimum atomic E-state index is -1.13. The summed E-state index contributed by atoms with van der Waals surface area (Å²) in [5.41, 5.74) is -0.985. The van der Waals surface area contributed by atoms with Gasteiger partial charge in [0.05, 0.1) is 6.07 Å². The number of benzene rings is 1. The van der Waals surface area contributed by atoms with Crippen LogP contribution in [-0.2, 0) is 14.9 Å². The van der Waals surface area contributed by atoms with Crippen LogP contribution in [0, 0.1) is 11.3 Å². The van der Waals surface area contributed by atoms with E-state index in [-0.39, 0.29) is 0 Å². The zero-order valence-electron chi connectivity index (χ0n) is 9.36. The molecule has 1 aromatic rings. The number of esters is 1. The van der Waals surface area contributed by atoms with Crippen LogP contribution in [0.2, 0.25) is 0 Å². The molecule has 0 radical (unpaired) electrons. The predicted molar refractivity (Wildman–Crippen MR) is 58.5 cm³/mol. The van der Waals surface area contributed by atoms with Gasteiger partial charge in [0.2, 0.25) is 0 Å². The number of nitrogens with zero attached hydrogens (tertiary/aromatic N) is 1. The number of carbonyl (C=O) groups is 1. The zero-order valence-corrected chi connectivity index (χ0v) is 9.36. The monoisotopic (exact) mass is 215 g/mol. The van der Waals surface area contributed by atoms with Gasteiger partial charge < -0.3 is 4.74 Å². The number of cyclic esters (lactones) is 1. The largest absolute Gasteiger partial charge is 0.458 e. The Morgan fingerprint density at radius 2 is 1.94 bits per heavy atom. The van der Waals surface area contributed by atoms with Gasteiger partial charge >= 0.3 is 5.97 Å². The van der Waals surface area contributed by atoms with E-state index in [4.69, 9.17) is 4.74 Å². The summed E-state index contributed by atoms with van der Waals surface area (Å²) < 4.78 is 5.25. The maximum atomic E-state index is 11.9. The molecule has 0 amide bonds. The summed E-state index contributed by atoms with van der Waals surface area (Å²) in [5, 5.41) is 9.32. The molecular weight excluding hydrogens is 202 g/mol. The van der Waals surface area contributed by atoms with E-state index in [1.54, 1.807) is 12.1 Å². The minimum Gasteiger partial charge on any atom is -0.458 e. The van der Waals surface area contributed by atoms with E-state index in [1.807, 2.05) is 32.0 Å². The summed E-state index contributed by atoms with van der Waals surface area (Å²) in [6, 6.07) is 11.2. The van der Waals surface area contributed by atoms with E-state index in [9.17, 15) is 10.1 Å². The highest BCUT2D eigenvalue weighted by Gasteiger charge is 2.54. The molecule has 1 aliphatic heterocycles. The van der Waals surface area contributed by atoms with E-state index in [0.717, 1.165) is 0 Å². The number of hydrogen-bond donors (Lipinski definition) is 0. The number of rotatable bonds is 1. The second-order valence-electron chi connectivity index (χ2n) is 4.71. The highest BCUT2D eigenvalue weighted by atomic mass is 16.6. The summed E-state index contributed by atoms with van der Waals surface area (Å²) in [6.45, 7) is 3.65. The second kappa shape index (κ2) is 3.34. The second-order valence-corrected chi connectivity index (χ2v) is 4.71. The number of hydrogen-bond acceptors (Lipinski definition) is 3. The maximum Gasteiger partial charge on any atom is 0.331 e. The summed E-state index contributed by atoms with van der Waals surface area (Å²) in [4.78, 5) is 11.9. The van der Waals surface area contributed by atoms with Crippen LogP contribution in [0.5, 0.6) is 0 Å². The molecule has 1 aliphatic rings.